The van der Waals surface area contributed by atoms with E-state index in [0.29, 0.717) is 11.4 Å². The Morgan fingerprint density at radius 3 is 2.40 bits per heavy atom. The third-order valence-electron chi connectivity index (χ3n) is 4.26. The highest BCUT2D eigenvalue weighted by Crippen LogP contribution is 2.30. The molecule has 25 heavy (non-hydrogen) atoms. The summed E-state index contributed by atoms with van der Waals surface area (Å²) in [6, 6.07) is 11.1. The van der Waals surface area contributed by atoms with Crippen LogP contribution in [0.4, 0.5) is 11.4 Å². The minimum absolute atomic E-state index is 0.0317. The summed E-state index contributed by atoms with van der Waals surface area (Å²) in [7, 11) is 0. The molecule has 128 valence electrons. The van der Waals surface area contributed by atoms with Crippen LogP contribution in [0.3, 0.4) is 0 Å². The number of aromatic carboxylic acids is 1. The molecule has 2 amide bonds. The first-order valence-electron chi connectivity index (χ1n) is 7.91. The van der Waals surface area contributed by atoms with E-state index in [1.54, 1.807) is 12.1 Å². The normalized spacial score (nSPS) is 17.0. The number of benzene rings is 2. The lowest BCUT2D eigenvalue weighted by atomic mass is 10.1. The maximum atomic E-state index is 12.8. The molecule has 6 nitrogen and oxygen atoms in total. The van der Waals surface area contributed by atoms with Crippen LogP contribution in [0.2, 0.25) is 0 Å². The van der Waals surface area contributed by atoms with Crippen LogP contribution in [-0.4, -0.2) is 28.9 Å². The number of para-hydroxylation sites is 1. The molecule has 1 saturated heterocycles. The van der Waals surface area contributed by atoms with Crippen LogP contribution in [0.15, 0.2) is 42.5 Å². The molecule has 1 fully saturated rings. The molecule has 3 rings (SSSR count). The highest BCUT2D eigenvalue weighted by molar-refractivity contribution is 6.23. The number of nitrogens with zero attached hydrogens (tertiary/aromatic N) is 1. The second kappa shape index (κ2) is 6.39. The summed E-state index contributed by atoms with van der Waals surface area (Å²) >= 11 is 0. The van der Waals surface area contributed by atoms with Gasteiger partial charge in [-0.3, -0.25) is 9.59 Å². The van der Waals surface area contributed by atoms with Gasteiger partial charge in [-0.15, -0.1) is 0 Å². The maximum absolute atomic E-state index is 12.8. The van der Waals surface area contributed by atoms with Crippen molar-refractivity contribution in [1.82, 2.24) is 0 Å². The number of hydrogen-bond acceptors (Lipinski definition) is 4. The van der Waals surface area contributed by atoms with Gasteiger partial charge in [0.15, 0.2) is 0 Å². The topological polar surface area (TPSA) is 86.7 Å². The van der Waals surface area contributed by atoms with Crippen LogP contribution < -0.4 is 10.2 Å². The summed E-state index contributed by atoms with van der Waals surface area (Å²) in [6.07, 6.45) is 0.0317. The molecule has 1 aliphatic heterocycles. The fourth-order valence-electron chi connectivity index (χ4n) is 3.08. The maximum Gasteiger partial charge on any atom is 0.335 e. The molecule has 0 bridgehead atoms. The molecule has 0 aliphatic carbocycles. The van der Waals surface area contributed by atoms with Crippen LogP contribution >= 0.6 is 0 Å². The van der Waals surface area contributed by atoms with E-state index in [1.807, 2.05) is 32.0 Å². The first kappa shape index (κ1) is 16.7. The molecular weight excluding hydrogens is 320 g/mol. The van der Waals surface area contributed by atoms with Gasteiger partial charge in [-0.1, -0.05) is 24.3 Å². The van der Waals surface area contributed by atoms with Gasteiger partial charge in [-0.2, -0.15) is 0 Å². The second-order valence-corrected chi connectivity index (χ2v) is 6.09. The second-order valence-electron chi connectivity index (χ2n) is 6.09. The largest absolute Gasteiger partial charge is 0.478 e. The Balaban J connectivity index is 1.87. The molecule has 0 saturated carbocycles. The molecule has 2 aromatic carbocycles. The highest BCUT2D eigenvalue weighted by Gasteiger charge is 2.40. The minimum Gasteiger partial charge on any atom is -0.478 e. The Bertz CT molecular complexity index is 855. The summed E-state index contributed by atoms with van der Waals surface area (Å²) in [6.45, 7) is 3.72. The van der Waals surface area contributed by atoms with Crippen molar-refractivity contribution in [2.75, 3.05) is 10.2 Å². The molecule has 1 aliphatic rings. The van der Waals surface area contributed by atoms with Crippen molar-refractivity contribution < 1.29 is 19.5 Å². The molecule has 2 aromatic rings. The molecule has 2 N–H and O–H groups in total. The van der Waals surface area contributed by atoms with Crippen LogP contribution in [-0.2, 0) is 9.59 Å². The number of anilines is 2. The summed E-state index contributed by atoms with van der Waals surface area (Å²) < 4.78 is 0. The van der Waals surface area contributed by atoms with Gasteiger partial charge in [-0.05, 0) is 43.2 Å². The van der Waals surface area contributed by atoms with Crippen molar-refractivity contribution in [3.05, 3.63) is 59.2 Å². The lowest BCUT2D eigenvalue weighted by molar-refractivity contribution is -0.121. The summed E-state index contributed by atoms with van der Waals surface area (Å²) in [5.41, 5.74) is 2.95. The Morgan fingerprint density at radius 2 is 1.76 bits per heavy atom. The zero-order valence-corrected chi connectivity index (χ0v) is 13.9. The number of imide groups is 1. The number of carboxylic acid groups (broad SMARTS) is 1. The molecule has 1 heterocycles. The smallest absolute Gasteiger partial charge is 0.335 e. The molecular formula is C19H18N2O4. The van der Waals surface area contributed by atoms with E-state index in [0.717, 1.165) is 11.1 Å². The van der Waals surface area contributed by atoms with Gasteiger partial charge in [0.25, 0.3) is 5.91 Å². The van der Waals surface area contributed by atoms with Crippen molar-refractivity contribution in [2.24, 2.45) is 0 Å². The zero-order chi connectivity index (χ0) is 18.1. The lowest BCUT2D eigenvalue weighted by Crippen LogP contribution is -2.35. The van der Waals surface area contributed by atoms with Gasteiger partial charge in [0.2, 0.25) is 5.91 Å². The first-order chi connectivity index (χ1) is 11.9. The van der Waals surface area contributed by atoms with Crippen molar-refractivity contribution in [2.45, 2.75) is 26.3 Å². The van der Waals surface area contributed by atoms with E-state index in [1.165, 1.54) is 17.0 Å². The Morgan fingerprint density at radius 1 is 1.12 bits per heavy atom. The number of carbonyl (C=O) groups excluding carboxylic acids is 2. The van der Waals surface area contributed by atoms with Crippen molar-refractivity contribution in [1.29, 1.82) is 0 Å². The lowest BCUT2D eigenvalue weighted by Gasteiger charge is -2.20. The third kappa shape index (κ3) is 3.10. The number of rotatable bonds is 4. The average Bonchev–Trinajstić information content (AvgIpc) is 2.82. The van der Waals surface area contributed by atoms with Gasteiger partial charge < -0.3 is 10.4 Å². The van der Waals surface area contributed by atoms with Gasteiger partial charge in [0.05, 0.1) is 17.7 Å². The molecule has 0 spiro atoms. The molecule has 1 unspecified atom stereocenters. The van der Waals surface area contributed by atoms with Crippen molar-refractivity contribution in [3.63, 3.8) is 0 Å². The molecule has 0 aromatic heterocycles. The predicted molar refractivity (Wildman–Crippen MR) is 93.8 cm³/mol. The predicted octanol–water partition coefficient (Wildman–Crippen LogP) is 2.75. The van der Waals surface area contributed by atoms with Gasteiger partial charge >= 0.3 is 5.97 Å². The Kier molecular flexibility index (Phi) is 4.27. The number of nitrogens with one attached hydrogen (secondary N) is 1. The Labute approximate surface area is 145 Å². The fourth-order valence-corrected chi connectivity index (χ4v) is 3.08. The van der Waals surface area contributed by atoms with Crippen LogP contribution in [0.5, 0.6) is 0 Å². The molecule has 1 atom stereocenters. The van der Waals surface area contributed by atoms with E-state index in [4.69, 9.17) is 5.11 Å². The number of aryl methyl sites for hydroxylation is 2. The van der Waals surface area contributed by atoms with Crippen LogP contribution in [0.25, 0.3) is 0 Å². The fraction of sp³-hybridized carbons (Fsp3) is 0.211. The number of hydrogen-bond donors (Lipinski definition) is 2. The van der Waals surface area contributed by atoms with Crippen molar-refractivity contribution in [3.8, 4) is 0 Å². The third-order valence-corrected chi connectivity index (χ3v) is 4.26. The molecule has 6 heteroatoms. The van der Waals surface area contributed by atoms with E-state index in [-0.39, 0.29) is 23.8 Å². The number of carboxylic acids is 1. The highest BCUT2D eigenvalue weighted by atomic mass is 16.4. The van der Waals surface area contributed by atoms with Gasteiger partial charge in [0, 0.05) is 5.69 Å². The van der Waals surface area contributed by atoms with E-state index < -0.39 is 12.0 Å². The van der Waals surface area contributed by atoms with Crippen molar-refractivity contribution >= 4 is 29.2 Å². The summed E-state index contributed by atoms with van der Waals surface area (Å²) in [4.78, 5) is 37.5. The van der Waals surface area contributed by atoms with Gasteiger partial charge in [-0.25, -0.2) is 9.69 Å². The zero-order valence-electron chi connectivity index (χ0n) is 13.9. The first-order valence-corrected chi connectivity index (χ1v) is 7.91. The van der Waals surface area contributed by atoms with Gasteiger partial charge in [0.1, 0.15) is 6.04 Å². The summed E-state index contributed by atoms with van der Waals surface area (Å²) in [5.74, 6) is -1.65. The van der Waals surface area contributed by atoms with E-state index in [9.17, 15) is 14.4 Å². The van der Waals surface area contributed by atoms with E-state index in [2.05, 4.69) is 5.32 Å². The van der Waals surface area contributed by atoms with Crippen LogP contribution in [0.1, 0.15) is 27.9 Å². The average molecular weight is 338 g/mol. The quantitative estimate of drug-likeness (QED) is 0.837. The Hall–Kier alpha value is -3.15. The van der Waals surface area contributed by atoms with Crippen LogP contribution in [0, 0.1) is 13.8 Å². The number of amides is 2. The monoisotopic (exact) mass is 338 g/mol. The van der Waals surface area contributed by atoms with E-state index >= 15 is 0 Å². The number of carbonyl (C=O) groups is 3. The summed E-state index contributed by atoms with van der Waals surface area (Å²) in [5, 5.41) is 12.0. The standard InChI is InChI=1S/C19H18N2O4/c1-11-5-3-6-12(2)17(11)21-16(22)10-15(18(21)23)20-14-8-4-7-13(9-14)19(24)25/h3-9,15,20H,10H2,1-2H3,(H,24,25). The molecule has 0 radical (unpaired) electrons. The SMILES string of the molecule is Cc1cccc(C)c1N1C(=O)CC(Nc2cccc(C(=O)O)c2)C1=O. The minimum atomic E-state index is -1.05.